The predicted octanol–water partition coefficient (Wildman–Crippen LogP) is -0.768. The molecule has 162 valence electrons. The number of para-hydroxylation sites is 1. The number of amides is 1. The van der Waals surface area contributed by atoms with Crippen LogP contribution < -0.4 is 22.1 Å². The molecule has 0 unspecified atom stereocenters. The first-order valence-electron chi connectivity index (χ1n) is 9.27. The van der Waals surface area contributed by atoms with Crippen molar-refractivity contribution in [1.29, 1.82) is 0 Å². The largest absolute Gasteiger partial charge is 0.350 e. The first-order valence-corrected chi connectivity index (χ1v) is 9.27. The first-order chi connectivity index (χ1) is 15.5. The molecular formula is C19H15FN8O4. The Balaban J connectivity index is 1.53. The van der Waals surface area contributed by atoms with Gasteiger partial charge in [0, 0.05) is 18.8 Å². The number of nitrogens with zero attached hydrogens (tertiary/aromatic N) is 6. The molecule has 32 heavy (non-hydrogen) atoms. The third-order valence-electron chi connectivity index (χ3n) is 4.43. The van der Waals surface area contributed by atoms with E-state index in [0.717, 1.165) is 16.9 Å². The van der Waals surface area contributed by atoms with Crippen LogP contribution in [-0.4, -0.2) is 46.5 Å². The summed E-state index contributed by atoms with van der Waals surface area (Å²) in [4.78, 5) is 55.4. The van der Waals surface area contributed by atoms with Gasteiger partial charge in [-0.3, -0.25) is 14.4 Å². The molecule has 0 aliphatic carbocycles. The van der Waals surface area contributed by atoms with Crippen LogP contribution in [0.1, 0.15) is 10.4 Å². The van der Waals surface area contributed by atoms with Crippen molar-refractivity contribution in [1.82, 2.24) is 39.4 Å². The van der Waals surface area contributed by atoms with Crippen molar-refractivity contribution >= 4 is 5.91 Å². The lowest BCUT2D eigenvalue weighted by Crippen LogP contribution is -2.41. The van der Waals surface area contributed by atoms with Gasteiger partial charge in [-0.25, -0.2) is 28.1 Å². The number of nitrogens with one attached hydrogen (secondary N) is 2. The molecular weight excluding hydrogens is 423 g/mol. The molecule has 0 atom stereocenters. The van der Waals surface area contributed by atoms with Crippen molar-refractivity contribution in [2.45, 2.75) is 6.54 Å². The summed E-state index contributed by atoms with van der Waals surface area (Å²) in [5.74, 6) is -1.26. The fraction of sp³-hybridized carbons (Fsp3) is 0.105. The third-order valence-corrected chi connectivity index (χ3v) is 4.43. The number of rotatable bonds is 6. The second-order valence-corrected chi connectivity index (χ2v) is 6.45. The average molecular weight is 438 g/mol. The summed E-state index contributed by atoms with van der Waals surface area (Å²) in [6.45, 7) is -0.0528. The smallest absolute Gasteiger partial charge is 0.333 e. The molecule has 3 aromatic heterocycles. The minimum atomic E-state index is -0.986. The number of hydrogen-bond donors (Lipinski definition) is 2. The lowest BCUT2D eigenvalue weighted by molar-refractivity contribution is 0.0949. The fourth-order valence-electron chi connectivity index (χ4n) is 2.91. The molecule has 0 spiro atoms. The van der Waals surface area contributed by atoms with Crippen LogP contribution in [0.3, 0.4) is 0 Å². The molecule has 0 saturated carbocycles. The Morgan fingerprint density at radius 1 is 1.12 bits per heavy atom. The summed E-state index contributed by atoms with van der Waals surface area (Å²) in [5, 5.41) is 10.5. The monoisotopic (exact) mass is 438 g/mol. The van der Waals surface area contributed by atoms with E-state index >= 15 is 0 Å². The Morgan fingerprint density at radius 2 is 1.94 bits per heavy atom. The Kier molecular flexibility index (Phi) is 5.53. The molecule has 2 N–H and O–H groups in total. The maximum absolute atomic E-state index is 14.1. The van der Waals surface area contributed by atoms with E-state index in [4.69, 9.17) is 0 Å². The molecule has 0 bridgehead atoms. The molecule has 0 fully saturated rings. The van der Waals surface area contributed by atoms with E-state index in [1.54, 1.807) is 0 Å². The summed E-state index contributed by atoms with van der Waals surface area (Å²) in [5.41, 5.74) is -2.97. The number of H-pyrrole nitrogens is 1. The quantitative estimate of drug-likeness (QED) is 0.401. The van der Waals surface area contributed by atoms with E-state index in [1.165, 1.54) is 47.7 Å². The van der Waals surface area contributed by atoms with Gasteiger partial charge in [0.05, 0.1) is 12.2 Å². The molecule has 0 radical (unpaired) electrons. The van der Waals surface area contributed by atoms with Crippen molar-refractivity contribution in [3.8, 4) is 11.5 Å². The van der Waals surface area contributed by atoms with Crippen molar-refractivity contribution < 1.29 is 9.18 Å². The molecule has 1 amide bonds. The van der Waals surface area contributed by atoms with Gasteiger partial charge in [-0.1, -0.05) is 12.1 Å². The number of carbonyl (C=O) groups is 1. The summed E-state index contributed by atoms with van der Waals surface area (Å²) in [6, 6.07) is 7.95. The molecule has 0 aliphatic rings. The second kappa shape index (κ2) is 8.59. The predicted molar refractivity (Wildman–Crippen MR) is 108 cm³/mol. The Hall–Kier alpha value is -4.68. The van der Waals surface area contributed by atoms with E-state index in [1.807, 2.05) is 0 Å². The summed E-state index contributed by atoms with van der Waals surface area (Å²) in [6.07, 6.45) is 3.68. The zero-order valence-corrected chi connectivity index (χ0v) is 16.3. The van der Waals surface area contributed by atoms with Gasteiger partial charge in [-0.15, -0.1) is 5.10 Å². The molecule has 4 rings (SSSR count). The first kappa shape index (κ1) is 20.6. The van der Waals surface area contributed by atoms with Crippen LogP contribution >= 0.6 is 0 Å². The van der Waals surface area contributed by atoms with E-state index < -0.39 is 34.1 Å². The van der Waals surface area contributed by atoms with Gasteiger partial charge in [0.1, 0.15) is 24.0 Å². The third kappa shape index (κ3) is 3.98. The van der Waals surface area contributed by atoms with Crippen LogP contribution in [0.2, 0.25) is 0 Å². The van der Waals surface area contributed by atoms with E-state index in [-0.39, 0.29) is 18.8 Å². The van der Waals surface area contributed by atoms with Crippen molar-refractivity contribution in [3.63, 3.8) is 0 Å². The minimum Gasteiger partial charge on any atom is -0.350 e. The highest BCUT2D eigenvalue weighted by molar-refractivity contribution is 5.93. The Labute approximate surface area is 177 Å². The van der Waals surface area contributed by atoms with E-state index in [9.17, 15) is 23.6 Å². The van der Waals surface area contributed by atoms with Gasteiger partial charge < -0.3 is 10.3 Å². The Morgan fingerprint density at radius 3 is 2.69 bits per heavy atom. The number of carbonyl (C=O) groups excluding carboxylic acids is 1. The number of halogens is 1. The Bertz CT molecular complexity index is 1460. The van der Waals surface area contributed by atoms with Crippen LogP contribution in [0.4, 0.5) is 4.39 Å². The number of hydrogen-bond acceptors (Lipinski definition) is 7. The topological polar surface area (TPSA) is 150 Å². The van der Waals surface area contributed by atoms with Crippen molar-refractivity contribution in [2.24, 2.45) is 0 Å². The van der Waals surface area contributed by atoms with Crippen molar-refractivity contribution in [2.75, 3.05) is 6.54 Å². The lowest BCUT2D eigenvalue weighted by atomic mass is 10.2. The second-order valence-electron chi connectivity index (χ2n) is 6.45. The zero-order valence-electron chi connectivity index (χ0n) is 16.3. The normalized spacial score (nSPS) is 10.8. The summed E-state index contributed by atoms with van der Waals surface area (Å²) >= 11 is 0. The molecule has 1 aromatic carbocycles. The zero-order chi connectivity index (χ0) is 22.7. The number of benzene rings is 1. The highest BCUT2D eigenvalue weighted by Gasteiger charge is 2.17. The standard InChI is InChI=1S/C19H15FN8O4/c20-13-3-1-2-4-14(13)28-18(31)12(9-23-19(28)32)17(30)22-7-8-26-16(29)6-5-15(25-26)27-11-21-10-24-27/h1-6,9-11H,7-8H2,(H,22,30)(H,23,32). The molecule has 3 heterocycles. The van der Waals surface area contributed by atoms with Crippen molar-refractivity contribution in [3.05, 3.63) is 97.8 Å². The summed E-state index contributed by atoms with van der Waals surface area (Å²) in [7, 11) is 0. The number of aromatic nitrogens is 7. The van der Waals surface area contributed by atoms with Crippen LogP contribution in [0.5, 0.6) is 0 Å². The van der Waals surface area contributed by atoms with Gasteiger partial charge in [0.2, 0.25) is 0 Å². The van der Waals surface area contributed by atoms with Crippen LogP contribution in [-0.2, 0) is 6.54 Å². The molecule has 0 aliphatic heterocycles. The average Bonchev–Trinajstić information content (AvgIpc) is 3.31. The fourth-order valence-corrected chi connectivity index (χ4v) is 2.91. The SMILES string of the molecule is O=C(NCCn1nc(-n2cncn2)ccc1=O)c1c[nH]c(=O)n(-c2ccccc2F)c1=O. The number of aromatic amines is 1. The lowest BCUT2D eigenvalue weighted by Gasteiger charge is -2.10. The van der Waals surface area contributed by atoms with Gasteiger partial charge in [0.15, 0.2) is 5.82 Å². The van der Waals surface area contributed by atoms with Gasteiger partial charge >= 0.3 is 5.69 Å². The molecule has 12 nitrogen and oxygen atoms in total. The molecule has 13 heteroatoms. The van der Waals surface area contributed by atoms with E-state index in [0.29, 0.717) is 10.4 Å². The molecule has 0 saturated heterocycles. The molecule has 4 aromatic rings. The van der Waals surface area contributed by atoms with Crippen LogP contribution in [0, 0.1) is 5.82 Å². The summed E-state index contributed by atoms with van der Waals surface area (Å²) < 4.78 is 17.1. The highest BCUT2D eigenvalue weighted by Crippen LogP contribution is 2.08. The highest BCUT2D eigenvalue weighted by atomic mass is 19.1. The van der Waals surface area contributed by atoms with E-state index in [2.05, 4.69) is 25.5 Å². The van der Waals surface area contributed by atoms with Gasteiger partial charge in [-0.05, 0) is 18.2 Å². The van der Waals surface area contributed by atoms with Crippen LogP contribution in [0.25, 0.3) is 11.5 Å². The van der Waals surface area contributed by atoms with Crippen LogP contribution in [0.15, 0.2) is 69.6 Å². The maximum Gasteiger partial charge on any atom is 0.333 e. The maximum atomic E-state index is 14.1. The van der Waals surface area contributed by atoms with Gasteiger partial charge in [-0.2, -0.15) is 5.10 Å². The van der Waals surface area contributed by atoms with Gasteiger partial charge in [0.25, 0.3) is 17.0 Å². The minimum absolute atomic E-state index is 0.00202.